The van der Waals surface area contributed by atoms with Crippen LogP contribution in [-0.2, 0) is 6.42 Å². The second kappa shape index (κ2) is 5.17. The number of rotatable bonds is 2. The summed E-state index contributed by atoms with van der Waals surface area (Å²) < 4.78 is 3.29. The summed E-state index contributed by atoms with van der Waals surface area (Å²) in [5, 5.41) is 0. The maximum atomic E-state index is 5.42. The Morgan fingerprint density at radius 3 is 2.88 bits per heavy atom. The summed E-state index contributed by atoms with van der Waals surface area (Å²) in [5.74, 6) is 0.760. The van der Waals surface area contributed by atoms with E-state index in [2.05, 4.69) is 29.6 Å². The summed E-state index contributed by atoms with van der Waals surface area (Å²) in [6, 6.07) is 0.621. The van der Waals surface area contributed by atoms with Crippen LogP contribution >= 0.6 is 12.2 Å². The van der Waals surface area contributed by atoms with Crippen molar-refractivity contribution < 1.29 is 0 Å². The van der Waals surface area contributed by atoms with Gasteiger partial charge in [0.1, 0.15) is 0 Å². The maximum Gasteiger partial charge on any atom is 0.177 e. The minimum Gasteiger partial charge on any atom is -0.337 e. The van der Waals surface area contributed by atoms with Gasteiger partial charge >= 0.3 is 0 Å². The Labute approximate surface area is 103 Å². The third kappa shape index (κ3) is 2.24. The van der Waals surface area contributed by atoms with Gasteiger partial charge in [0.15, 0.2) is 4.77 Å². The van der Waals surface area contributed by atoms with Crippen molar-refractivity contribution in [1.82, 2.24) is 9.55 Å². The number of hydrogen-bond donors (Lipinski definition) is 1. The molecule has 3 heteroatoms. The van der Waals surface area contributed by atoms with Crippen LogP contribution in [0.15, 0.2) is 6.20 Å². The van der Waals surface area contributed by atoms with Gasteiger partial charge in [-0.05, 0) is 37.4 Å². The van der Waals surface area contributed by atoms with Crippen LogP contribution in [-0.4, -0.2) is 9.55 Å². The molecule has 0 aromatic carbocycles. The quantitative estimate of drug-likeness (QED) is 0.603. The highest BCUT2D eigenvalue weighted by atomic mass is 32.1. The van der Waals surface area contributed by atoms with E-state index in [4.69, 9.17) is 12.2 Å². The van der Waals surface area contributed by atoms with Crippen molar-refractivity contribution in [2.75, 3.05) is 0 Å². The zero-order valence-corrected chi connectivity index (χ0v) is 11.1. The monoisotopic (exact) mass is 238 g/mol. The van der Waals surface area contributed by atoms with Crippen molar-refractivity contribution in [3.8, 4) is 0 Å². The fourth-order valence-corrected chi connectivity index (χ4v) is 3.22. The Hall–Kier alpha value is -0.570. The second-order valence-electron chi connectivity index (χ2n) is 4.99. The van der Waals surface area contributed by atoms with Crippen molar-refractivity contribution in [2.45, 2.75) is 58.4 Å². The lowest BCUT2D eigenvalue weighted by Crippen LogP contribution is -2.18. The summed E-state index contributed by atoms with van der Waals surface area (Å²) in [6.07, 6.45) is 9.92. The minimum atomic E-state index is 0.621. The largest absolute Gasteiger partial charge is 0.337 e. The van der Waals surface area contributed by atoms with Gasteiger partial charge in [0, 0.05) is 17.9 Å². The number of aromatic nitrogens is 2. The van der Waals surface area contributed by atoms with E-state index in [1.54, 1.807) is 0 Å². The Kier molecular flexibility index (Phi) is 3.85. The van der Waals surface area contributed by atoms with Gasteiger partial charge in [-0.15, -0.1) is 0 Å². The highest BCUT2D eigenvalue weighted by Gasteiger charge is 2.23. The summed E-state index contributed by atoms with van der Waals surface area (Å²) >= 11 is 5.42. The van der Waals surface area contributed by atoms with Gasteiger partial charge in [0.05, 0.1) is 0 Å². The van der Waals surface area contributed by atoms with Crippen molar-refractivity contribution in [1.29, 1.82) is 0 Å². The third-order valence-electron chi connectivity index (χ3n) is 3.90. The molecule has 2 atom stereocenters. The summed E-state index contributed by atoms with van der Waals surface area (Å²) in [6.45, 7) is 4.58. The fraction of sp³-hybridized carbons (Fsp3) is 0.769. The normalized spacial score (nSPS) is 26.6. The predicted molar refractivity (Wildman–Crippen MR) is 70.3 cm³/mol. The van der Waals surface area contributed by atoms with Crippen LogP contribution in [0.1, 0.15) is 57.7 Å². The molecule has 1 heterocycles. The number of aryl methyl sites for hydroxylation is 1. The molecule has 1 aromatic heterocycles. The predicted octanol–water partition coefficient (Wildman–Crippen LogP) is 4.25. The Balaban J connectivity index is 2.33. The zero-order chi connectivity index (χ0) is 11.5. The molecule has 0 bridgehead atoms. The van der Waals surface area contributed by atoms with Crippen LogP contribution in [0.2, 0.25) is 0 Å². The second-order valence-corrected chi connectivity index (χ2v) is 5.38. The summed E-state index contributed by atoms with van der Waals surface area (Å²) in [7, 11) is 0. The Bertz CT molecular complexity index is 391. The Morgan fingerprint density at radius 1 is 1.38 bits per heavy atom. The summed E-state index contributed by atoms with van der Waals surface area (Å²) in [5.41, 5.74) is 1.36. The average molecular weight is 238 g/mol. The summed E-state index contributed by atoms with van der Waals surface area (Å²) in [4.78, 5) is 3.20. The molecule has 0 saturated heterocycles. The first-order valence-corrected chi connectivity index (χ1v) is 6.93. The van der Waals surface area contributed by atoms with Crippen LogP contribution in [0, 0.1) is 10.7 Å². The van der Waals surface area contributed by atoms with Gasteiger partial charge in [0.25, 0.3) is 0 Å². The molecule has 1 fully saturated rings. The number of H-pyrrole nitrogens is 1. The highest BCUT2D eigenvalue weighted by molar-refractivity contribution is 7.71. The standard InChI is InChI=1S/C13H22N2S/c1-3-11-9-14-13(16)15(11)12-8-6-4-5-7-10(12)2/h9-10,12H,3-8H2,1-2H3,(H,14,16). The molecule has 16 heavy (non-hydrogen) atoms. The van der Waals surface area contributed by atoms with Gasteiger partial charge in [-0.1, -0.05) is 33.1 Å². The van der Waals surface area contributed by atoms with Crippen molar-refractivity contribution in [3.63, 3.8) is 0 Å². The lowest BCUT2D eigenvalue weighted by Gasteiger charge is -2.24. The van der Waals surface area contributed by atoms with E-state index in [0.717, 1.165) is 17.1 Å². The molecule has 1 aliphatic rings. The lowest BCUT2D eigenvalue weighted by molar-refractivity contribution is 0.325. The molecule has 2 nitrogen and oxygen atoms in total. The van der Waals surface area contributed by atoms with Crippen molar-refractivity contribution in [2.24, 2.45) is 5.92 Å². The molecular formula is C13H22N2S. The molecular weight excluding hydrogens is 216 g/mol. The van der Waals surface area contributed by atoms with E-state index in [1.807, 2.05) is 0 Å². The third-order valence-corrected chi connectivity index (χ3v) is 4.22. The number of imidazole rings is 1. The van der Waals surface area contributed by atoms with Crippen molar-refractivity contribution in [3.05, 3.63) is 16.7 Å². The molecule has 0 spiro atoms. The molecule has 1 saturated carbocycles. The molecule has 2 unspecified atom stereocenters. The van der Waals surface area contributed by atoms with E-state index >= 15 is 0 Å². The minimum absolute atomic E-state index is 0.621. The number of hydrogen-bond acceptors (Lipinski definition) is 1. The van der Waals surface area contributed by atoms with Gasteiger partial charge in [0.2, 0.25) is 0 Å². The molecule has 90 valence electrons. The molecule has 0 aliphatic heterocycles. The SMILES string of the molecule is CCc1c[nH]c(=S)n1C1CCCCCC1C. The molecule has 1 aromatic rings. The van der Waals surface area contributed by atoms with Crippen LogP contribution in [0.25, 0.3) is 0 Å². The van der Waals surface area contributed by atoms with Gasteiger partial charge in [-0.25, -0.2) is 0 Å². The van der Waals surface area contributed by atoms with E-state index < -0.39 is 0 Å². The first-order chi connectivity index (χ1) is 7.74. The van der Waals surface area contributed by atoms with E-state index in [-0.39, 0.29) is 0 Å². The van der Waals surface area contributed by atoms with Crippen LogP contribution in [0.4, 0.5) is 0 Å². The van der Waals surface area contributed by atoms with Gasteiger partial charge in [-0.3, -0.25) is 0 Å². The smallest absolute Gasteiger partial charge is 0.177 e. The van der Waals surface area contributed by atoms with Crippen LogP contribution in [0.5, 0.6) is 0 Å². The highest BCUT2D eigenvalue weighted by Crippen LogP contribution is 2.33. The molecule has 2 rings (SSSR count). The lowest BCUT2D eigenvalue weighted by atomic mass is 9.96. The van der Waals surface area contributed by atoms with E-state index in [9.17, 15) is 0 Å². The number of aromatic amines is 1. The first-order valence-electron chi connectivity index (χ1n) is 6.52. The fourth-order valence-electron chi connectivity index (χ4n) is 2.91. The van der Waals surface area contributed by atoms with E-state index in [1.165, 1.54) is 37.8 Å². The van der Waals surface area contributed by atoms with Gasteiger partial charge in [-0.2, -0.15) is 0 Å². The zero-order valence-electron chi connectivity index (χ0n) is 10.3. The maximum absolute atomic E-state index is 5.42. The van der Waals surface area contributed by atoms with Crippen LogP contribution in [0.3, 0.4) is 0 Å². The first kappa shape index (κ1) is 11.9. The van der Waals surface area contributed by atoms with Gasteiger partial charge < -0.3 is 9.55 Å². The average Bonchev–Trinajstić information content (AvgIpc) is 2.51. The molecule has 0 radical (unpaired) electrons. The van der Waals surface area contributed by atoms with Crippen molar-refractivity contribution >= 4 is 12.2 Å². The van der Waals surface area contributed by atoms with E-state index in [0.29, 0.717) is 6.04 Å². The molecule has 0 amide bonds. The molecule has 1 N–H and O–H groups in total. The number of nitrogens with zero attached hydrogens (tertiary/aromatic N) is 1. The topological polar surface area (TPSA) is 20.7 Å². The molecule has 1 aliphatic carbocycles. The Morgan fingerprint density at radius 2 is 2.12 bits per heavy atom. The van der Waals surface area contributed by atoms with Crippen LogP contribution < -0.4 is 0 Å². The number of nitrogens with one attached hydrogen (secondary N) is 1.